The third-order valence-electron chi connectivity index (χ3n) is 3.76. The third kappa shape index (κ3) is 2.91. The van der Waals surface area contributed by atoms with Gasteiger partial charge in [0.2, 0.25) is 0 Å². The molecule has 3 rings (SSSR count). The highest BCUT2D eigenvalue weighted by atomic mass is 16.7. The Morgan fingerprint density at radius 3 is 2.57 bits per heavy atom. The summed E-state index contributed by atoms with van der Waals surface area (Å²) in [6.45, 7) is 1.96. The first kappa shape index (κ1) is 13.7. The standard InChI is InChI=1S/C16H18N2O3/c1-20-13-7-5-12(6-8-13)15-14(16(19)21-17-15)11-18-9-3-2-4-10-18/h5-8,11H,2-4,9-10H2,1H3. The van der Waals surface area contributed by atoms with E-state index in [0.717, 1.165) is 37.2 Å². The van der Waals surface area contributed by atoms with E-state index >= 15 is 0 Å². The number of hydrogen-bond donors (Lipinski definition) is 0. The molecule has 1 aromatic carbocycles. The van der Waals surface area contributed by atoms with Crippen molar-refractivity contribution in [2.45, 2.75) is 19.3 Å². The van der Waals surface area contributed by atoms with Crippen molar-refractivity contribution in [3.63, 3.8) is 0 Å². The smallest absolute Gasteiger partial charge is 0.369 e. The molecule has 0 spiro atoms. The molecular formula is C16H18N2O3. The Hall–Kier alpha value is -2.30. The minimum Gasteiger partial charge on any atom is -0.497 e. The van der Waals surface area contributed by atoms with Gasteiger partial charge in [-0.2, -0.15) is 0 Å². The van der Waals surface area contributed by atoms with Crippen molar-refractivity contribution in [1.82, 2.24) is 4.90 Å². The van der Waals surface area contributed by atoms with Gasteiger partial charge in [-0.05, 0) is 43.5 Å². The van der Waals surface area contributed by atoms with Crippen LogP contribution in [0.3, 0.4) is 0 Å². The average molecular weight is 286 g/mol. The average Bonchev–Trinajstić information content (AvgIpc) is 2.90. The minimum absolute atomic E-state index is 0.383. The molecule has 0 saturated carbocycles. The van der Waals surface area contributed by atoms with Crippen molar-refractivity contribution in [3.05, 3.63) is 41.6 Å². The molecule has 2 heterocycles. The molecule has 1 aromatic rings. The zero-order valence-electron chi connectivity index (χ0n) is 12.0. The quantitative estimate of drug-likeness (QED) is 0.632. The Kier molecular flexibility index (Phi) is 3.90. The van der Waals surface area contributed by atoms with Crippen molar-refractivity contribution >= 4 is 11.7 Å². The maximum atomic E-state index is 11.9. The number of rotatable bonds is 3. The summed E-state index contributed by atoms with van der Waals surface area (Å²) in [6.07, 6.45) is 5.46. The van der Waals surface area contributed by atoms with Gasteiger partial charge >= 0.3 is 5.97 Å². The summed E-state index contributed by atoms with van der Waals surface area (Å²) < 4.78 is 5.14. The molecule has 0 aliphatic carbocycles. The van der Waals surface area contributed by atoms with E-state index in [1.807, 2.05) is 30.5 Å². The van der Waals surface area contributed by atoms with E-state index in [-0.39, 0.29) is 5.97 Å². The molecule has 0 unspecified atom stereocenters. The number of carbonyl (C=O) groups is 1. The van der Waals surface area contributed by atoms with Gasteiger partial charge in [0.15, 0.2) is 0 Å². The highest BCUT2D eigenvalue weighted by Crippen LogP contribution is 2.22. The minimum atomic E-state index is -0.383. The fourth-order valence-electron chi connectivity index (χ4n) is 2.58. The fraction of sp³-hybridized carbons (Fsp3) is 0.375. The Morgan fingerprint density at radius 2 is 1.90 bits per heavy atom. The second kappa shape index (κ2) is 5.99. The molecule has 0 radical (unpaired) electrons. The van der Waals surface area contributed by atoms with Crippen LogP contribution in [0.1, 0.15) is 24.8 Å². The van der Waals surface area contributed by atoms with Gasteiger partial charge in [-0.25, -0.2) is 4.79 Å². The third-order valence-corrected chi connectivity index (χ3v) is 3.76. The molecule has 2 aliphatic rings. The highest BCUT2D eigenvalue weighted by molar-refractivity contribution is 6.28. The van der Waals surface area contributed by atoms with E-state index in [9.17, 15) is 4.79 Å². The van der Waals surface area contributed by atoms with Crippen LogP contribution < -0.4 is 4.74 Å². The predicted molar refractivity (Wildman–Crippen MR) is 79.1 cm³/mol. The molecule has 0 atom stereocenters. The molecular weight excluding hydrogens is 268 g/mol. The van der Waals surface area contributed by atoms with E-state index in [0.29, 0.717) is 11.3 Å². The zero-order valence-corrected chi connectivity index (χ0v) is 12.0. The van der Waals surface area contributed by atoms with Gasteiger partial charge in [-0.15, -0.1) is 0 Å². The first-order valence-electron chi connectivity index (χ1n) is 7.18. The van der Waals surface area contributed by atoms with Gasteiger partial charge in [0.25, 0.3) is 0 Å². The lowest BCUT2D eigenvalue weighted by Crippen LogP contribution is -2.26. The predicted octanol–water partition coefficient (Wildman–Crippen LogP) is 2.33. The summed E-state index contributed by atoms with van der Waals surface area (Å²) >= 11 is 0. The lowest BCUT2D eigenvalue weighted by molar-refractivity contribution is -0.136. The molecule has 5 heteroatoms. The number of likely N-dealkylation sites (tertiary alicyclic amines) is 1. The van der Waals surface area contributed by atoms with Crippen LogP contribution in [-0.4, -0.2) is 36.8 Å². The largest absolute Gasteiger partial charge is 0.497 e. The van der Waals surface area contributed by atoms with Gasteiger partial charge < -0.3 is 14.5 Å². The van der Waals surface area contributed by atoms with Crippen molar-refractivity contribution in [2.24, 2.45) is 5.16 Å². The SMILES string of the molecule is COc1ccc(C2=NOC(=O)C2=CN2CCCCC2)cc1. The molecule has 110 valence electrons. The number of hydrogen-bond acceptors (Lipinski definition) is 5. The Labute approximate surface area is 123 Å². The van der Waals surface area contributed by atoms with Gasteiger partial charge in [0, 0.05) is 24.9 Å². The van der Waals surface area contributed by atoms with Crippen LogP contribution in [0.5, 0.6) is 5.75 Å². The number of oxime groups is 1. The number of piperidine rings is 1. The van der Waals surface area contributed by atoms with Crippen molar-refractivity contribution in [3.8, 4) is 5.75 Å². The topological polar surface area (TPSA) is 51.1 Å². The molecule has 0 N–H and O–H groups in total. The van der Waals surface area contributed by atoms with E-state index in [1.54, 1.807) is 7.11 Å². The van der Waals surface area contributed by atoms with Crippen LogP contribution in [0.15, 0.2) is 41.2 Å². The van der Waals surface area contributed by atoms with Crippen molar-refractivity contribution in [2.75, 3.05) is 20.2 Å². The molecule has 5 nitrogen and oxygen atoms in total. The van der Waals surface area contributed by atoms with E-state index in [4.69, 9.17) is 9.57 Å². The second-order valence-corrected chi connectivity index (χ2v) is 5.19. The Bertz CT molecular complexity index is 584. The molecule has 0 bridgehead atoms. The number of carbonyl (C=O) groups excluding carboxylic acids is 1. The van der Waals surface area contributed by atoms with E-state index in [2.05, 4.69) is 10.1 Å². The highest BCUT2D eigenvalue weighted by Gasteiger charge is 2.28. The summed E-state index contributed by atoms with van der Waals surface area (Å²) in [5, 5.41) is 3.92. The molecule has 1 fully saturated rings. The summed E-state index contributed by atoms with van der Waals surface area (Å²) in [5.41, 5.74) is 1.97. The monoisotopic (exact) mass is 286 g/mol. The van der Waals surface area contributed by atoms with Gasteiger partial charge in [0.1, 0.15) is 17.0 Å². The fourth-order valence-corrected chi connectivity index (χ4v) is 2.58. The first-order chi connectivity index (χ1) is 10.3. The molecule has 1 saturated heterocycles. The normalized spacial score (nSPS) is 20.4. The molecule has 2 aliphatic heterocycles. The lowest BCUT2D eigenvalue weighted by Gasteiger charge is -2.25. The summed E-state index contributed by atoms with van der Waals surface area (Å²) in [4.78, 5) is 18.9. The lowest BCUT2D eigenvalue weighted by atomic mass is 10.0. The maximum Gasteiger partial charge on any atom is 0.369 e. The number of ether oxygens (including phenoxy) is 1. The van der Waals surface area contributed by atoms with E-state index in [1.165, 1.54) is 6.42 Å². The van der Waals surface area contributed by atoms with Crippen LogP contribution in [-0.2, 0) is 9.63 Å². The summed E-state index contributed by atoms with van der Waals surface area (Å²) in [5.74, 6) is 0.387. The van der Waals surface area contributed by atoms with Crippen molar-refractivity contribution in [1.29, 1.82) is 0 Å². The molecule has 21 heavy (non-hydrogen) atoms. The summed E-state index contributed by atoms with van der Waals surface area (Å²) in [7, 11) is 1.62. The van der Waals surface area contributed by atoms with Crippen molar-refractivity contribution < 1.29 is 14.4 Å². The van der Waals surface area contributed by atoms with Crippen LogP contribution in [0, 0.1) is 0 Å². The number of benzene rings is 1. The van der Waals surface area contributed by atoms with E-state index < -0.39 is 0 Å². The van der Waals surface area contributed by atoms with Crippen LogP contribution in [0.2, 0.25) is 0 Å². The van der Waals surface area contributed by atoms with Gasteiger partial charge in [-0.1, -0.05) is 5.16 Å². The van der Waals surface area contributed by atoms with Crippen LogP contribution in [0.25, 0.3) is 0 Å². The van der Waals surface area contributed by atoms with Crippen LogP contribution in [0.4, 0.5) is 0 Å². The Morgan fingerprint density at radius 1 is 1.19 bits per heavy atom. The second-order valence-electron chi connectivity index (χ2n) is 5.19. The zero-order chi connectivity index (χ0) is 14.7. The van der Waals surface area contributed by atoms with Crippen LogP contribution >= 0.6 is 0 Å². The van der Waals surface area contributed by atoms with Gasteiger partial charge in [0.05, 0.1) is 7.11 Å². The summed E-state index contributed by atoms with van der Waals surface area (Å²) in [6, 6.07) is 7.45. The number of nitrogens with zero attached hydrogens (tertiary/aromatic N) is 2. The Balaban J connectivity index is 1.85. The first-order valence-corrected chi connectivity index (χ1v) is 7.18. The molecule has 0 amide bonds. The molecule has 0 aromatic heterocycles. The maximum absolute atomic E-state index is 11.9. The number of methoxy groups -OCH3 is 1. The van der Waals surface area contributed by atoms with Gasteiger partial charge in [-0.3, -0.25) is 0 Å².